The number of nitrogens with zero attached hydrogens (tertiary/aromatic N) is 2. The van der Waals surface area contributed by atoms with Crippen molar-refractivity contribution in [1.29, 1.82) is 0 Å². The van der Waals surface area contributed by atoms with Gasteiger partial charge in [-0.1, -0.05) is 13.8 Å². The molecule has 0 aliphatic rings. The van der Waals surface area contributed by atoms with Crippen LogP contribution in [0.15, 0.2) is 17.3 Å². The molecular weight excluding hydrogens is 341 g/mol. The minimum atomic E-state index is 0. The fourth-order valence-electron chi connectivity index (χ4n) is 1.50. The molecule has 1 heterocycles. The van der Waals surface area contributed by atoms with Gasteiger partial charge in [-0.2, -0.15) is 5.10 Å². The fourth-order valence-corrected chi connectivity index (χ4v) is 1.50. The van der Waals surface area contributed by atoms with Gasteiger partial charge in [-0.05, 0) is 24.8 Å². The summed E-state index contributed by atoms with van der Waals surface area (Å²) in [6, 6.07) is 1.94. The first-order valence-corrected chi connectivity index (χ1v) is 6.15. The molecule has 0 saturated carbocycles. The standard InChI is InChI=1S/C12H23N5.HI/c1-10(2)5-4-7-14-12(13-3)15-9-11-6-8-16-17-11;/h6,8,10H,4-5,7,9H2,1-3H3,(H,16,17)(H2,13,14,15);1H. The second-order valence-electron chi connectivity index (χ2n) is 4.47. The summed E-state index contributed by atoms with van der Waals surface area (Å²) in [6.07, 6.45) is 4.16. The van der Waals surface area contributed by atoms with Crippen molar-refractivity contribution < 1.29 is 0 Å². The van der Waals surface area contributed by atoms with Crippen LogP contribution in [-0.2, 0) is 6.54 Å². The Balaban J connectivity index is 0.00000289. The molecule has 0 saturated heterocycles. The lowest BCUT2D eigenvalue weighted by molar-refractivity contribution is 0.549. The van der Waals surface area contributed by atoms with Crippen LogP contribution in [0, 0.1) is 5.92 Å². The van der Waals surface area contributed by atoms with Gasteiger partial charge in [0.1, 0.15) is 0 Å². The van der Waals surface area contributed by atoms with Gasteiger partial charge in [-0.25, -0.2) is 0 Å². The molecule has 0 unspecified atom stereocenters. The van der Waals surface area contributed by atoms with Gasteiger partial charge in [-0.15, -0.1) is 24.0 Å². The topological polar surface area (TPSA) is 65.1 Å². The monoisotopic (exact) mass is 365 g/mol. The Morgan fingerprint density at radius 2 is 2.22 bits per heavy atom. The number of hydrogen-bond donors (Lipinski definition) is 3. The van der Waals surface area contributed by atoms with Crippen molar-refractivity contribution in [3.05, 3.63) is 18.0 Å². The maximum Gasteiger partial charge on any atom is 0.191 e. The molecule has 0 aromatic carbocycles. The van der Waals surface area contributed by atoms with Gasteiger partial charge in [-0.3, -0.25) is 10.1 Å². The molecule has 5 nitrogen and oxygen atoms in total. The summed E-state index contributed by atoms with van der Waals surface area (Å²) >= 11 is 0. The highest BCUT2D eigenvalue weighted by Crippen LogP contribution is 2.01. The van der Waals surface area contributed by atoms with Crippen molar-refractivity contribution in [3.63, 3.8) is 0 Å². The van der Waals surface area contributed by atoms with Gasteiger partial charge in [0.25, 0.3) is 0 Å². The van der Waals surface area contributed by atoms with Gasteiger partial charge in [0.05, 0.1) is 12.2 Å². The van der Waals surface area contributed by atoms with Crippen molar-refractivity contribution in [1.82, 2.24) is 20.8 Å². The molecule has 0 fully saturated rings. The second-order valence-corrected chi connectivity index (χ2v) is 4.47. The molecule has 0 bridgehead atoms. The molecule has 1 aromatic heterocycles. The van der Waals surface area contributed by atoms with Gasteiger partial charge in [0.2, 0.25) is 0 Å². The SMILES string of the molecule is CN=C(NCCCC(C)C)NCc1ccn[nH]1.I. The Morgan fingerprint density at radius 3 is 2.78 bits per heavy atom. The highest BCUT2D eigenvalue weighted by molar-refractivity contribution is 14.0. The first kappa shape index (κ1) is 17.2. The zero-order valence-electron chi connectivity index (χ0n) is 11.4. The van der Waals surface area contributed by atoms with E-state index in [1.54, 1.807) is 13.2 Å². The average Bonchev–Trinajstić information content (AvgIpc) is 2.81. The average molecular weight is 365 g/mol. The molecule has 1 aromatic rings. The van der Waals surface area contributed by atoms with Crippen molar-refractivity contribution in [2.45, 2.75) is 33.2 Å². The minimum absolute atomic E-state index is 0. The van der Waals surface area contributed by atoms with E-state index in [9.17, 15) is 0 Å². The number of rotatable bonds is 6. The molecule has 0 aliphatic carbocycles. The van der Waals surface area contributed by atoms with E-state index in [-0.39, 0.29) is 24.0 Å². The van der Waals surface area contributed by atoms with Gasteiger partial charge < -0.3 is 10.6 Å². The van der Waals surface area contributed by atoms with E-state index >= 15 is 0 Å². The Kier molecular flexibility index (Phi) is 9.72. The fraction of sp³-hybridized carbons (Fsp3) is 0.667. The number of aromatic nitrogens is 2. The van der Waals surface area contributed by atoms with E-state index in [2.05, 4.69) is 39.7 Å². The Hall–Kier alpha value is -0.790. The Labute approximate surface area is 126 Å². The van der Waals surface area contributed by atoms with E-state index in [4.69, 9.17) is 0 Å². The maximum absolute atomic E-state index is 4.16. The third-order valence-corrected chi connectivity index (χ3v) is 2.48. The summed E-state index contributed by atoms with van der Waals surface area (Å²) in [5.41, 5.74) is 1.05. The van der Waals surface area contributed by atoms with Crippen LogP contribution in [0.4, 0.5) is 0 Å². The van der Waals surface area contributed by atoms with Crippen LogP contribution in [-0.4, -0.2) is 29.7 Å². The zero-order valence-corrected chi connectivity index (χ0v) is 13.7. The normalized spacial score (nSPS) is 11.2. The summed E-state index contributed by atoms with van der Waals surface area (Å²) in [4.78, 5) is 4.16. The smallest absolute Gasteiger partial charge is 0.191 e. The predicted octanol–water partition coefficient (Wildman–Crippen LogP) is 2.13. The van der Waals surface area contributed by atoms with Crippen LogP contribution >= 0.6 is 24.0 Å². The molecule has 6 heteroatoms. The second kappa shape index (κ2) is 10.2. The lowest BCUT2D eigenvalue weighted by Crippen LogP contribution is -2.37. The van der Waals surface area contributed by atoms with E-state index in [1.165, 1.54) is 12.8 Å². The number of halogens is 1. The van der Waals surface area contributed by atoms with Crippen molar-refractivity contribution in [3.8, 4) is 0 Å². The summed E-state index contributed by atoms with van der Waals surface area (Å²) < 4.78 is 0. The van der Waals surface area contributed by atoms with Crippen LogP contribution in [0.25, 0.3) is 0 Å². The molecule has 0 radical (unpaired) electrons. The molecule has 0 spiro atoms. The van der Waals surface area contributed by atoms with E-state index in [1.807, 2.05) is 6.07 Å². The van der Waals surface area contributed by atoms with Crippen molar-refractivity contribution in [2.24, 2.45) is 10.9 Å². The van der Waals surface area contributed by atoms with Crippen LogP contribution in [0.3, 0.4) is 0 Å². The number of hydrogen-bond acceptors (Lipinski definition) is 2. The summed E-state index contributed by atoms with van der Waals surface area (Å²) in [6.45, 7) is 6.15. The van der Waals surface area contributed by atoms with E-state index in [0.29, 0.717) is 6.54 Å². The lowest BCUT2D eigenvalue weighted by Gasteiger charge is -2.11. The van der Waals surface area contributed by atoms with Crippen LogP contribution in [0.2, 0.25) is 0 Å². The minimum Gasteiger partial charge on any atom is -0.356 e. The number of aliphatic imine (C=N–C) groups is 1. The first-order chi connectivity index (χ1) is 8.22. The number of H-pyrrole nitrogens is 1. The largest absolute Gasteiger partial charge is 0.356 e. The third-order valence-electron chi connectivity index (χ3n) is 2.48. The van der Waals surface area contributed by atoms with Gasteiger partial charge >= 0.3 is 0 Å². The Bertz CT molecular complexity index is 321. The molecular formula is C12H24IN5. The Morgan fingerprint density at radius 1 is 1.44 bits per heavy atom. The molecule has 18 heavy (non-hydrogen) atoms. The number of guanidine groups is 1. The highest BCUT2D eigenvalue weighted by atomic mass is 127. The summed E-state index contributed by atoms with van der Waals surface area (Å²) in [5.74, 6) is 1.60. The predicted molar refractivity (Wildman–Crippen MR) is 86.3 cm³/mol. The first-order valence-electron chi connectivity index (χ1n) is 6.15. The van der Waals surface area contributed by atoms with E-state index < -0.39 is 0 Å². The molecule has 3 N–H and O–H groups in total. The van der Waals surface area contributed by atoms with Gasteiger partial charge in [0.15, 0.2) is 5.96 Å². The molecule has 0 atom stereocenters. The molecule has 0 aliphatic heterocycles. The highest BCUT2D eigenvalue weighted by Gasteiger charge is 1.99. The summed E-state index contributed by atoms with van der Waals surface area (Å²) in [5, 5.41) is 13.3. The lowest BCUT2D eigenvalue weighted by atomic mass is 10.1. The third kappa shape index (κ3) is 7.52. The zero-order chi connectivity index (χ0) is 12.5. The van der Waals surface area contributed by atoms with Crippen molar-refractivity contribution >= 4 is 29.9 Å². The maximum atomic E-state index is 4.16. The molecule has 0 amide bonds. The summed E-state index contributed by atoms with van der Waals surface area (Å²) in [7, 11) is 1.78. The molecule has 1 rings (SSSR count). The van der Waals surface area contributed by atoms with Crippen molar-refractivity contribution in [2.75, 3.05) is 13.6 Å². The quantitative estimate of drug-likeness (QED) is 0.313. The number of aromatic amines is 1. The van der Waals surface area contributed by atoms with Crippen LogP contribution in [0.1, 0.15) is 32.4 Å². The number of nitrogens with one attached hydrogen (secondary N) is 3. The van der Waals surface area contributed by atoms with Crippen LogP contribution in [0.5, 0.6) is 0 Å². The van der Waals surface area contributed by atoms with Gasteiger partial charge in [0, 0.05) is 19.8 Å². The molecule has 104 valence electrons. The van der Waals surface area contributed by atoms with Crippen LogP contribution < -0.4 is 10.6 Å². The van der Waals surface area contributed by atoms with E-state index in [0.717, 1.165) is 24.1 Å².